The zero-order valence-electron chi connectivity index (χ0n) is 16.2. The van der Waals surface area contributed by atoms with Crippen molar-refractivity contribution in [3.05, 3.63) is 23.8 Å². The molecule has 0 atom stereocenters. The average molecular weight is 413 g/mol. The first kappa shape index (κ1) is 22.1. The molecule has 156 valence electrons. The van der Waals surface area contributed by atoms with Crippen molar-refractivity contribution in [2.45, 2.75) is 37.1 Å². The van der Waals surface area contributed by atoms with Crippen LogP contribution in [0.15, 0.2) is 23.1 Å². The Morgan fingerprint density at radius 3 is 2.54 bits per heavy atom. The van der Waals surface area contributed by atoms with E-state index in [1.165, 1.54) is 25.3 Å². The van der Waals surface area contributed by atoms with Crippen molar-refractivity contribution in [2.75, 3.05) is 33.3 Å². The molecule has 1 aliphatic heterocycles. The highest BCUT2D eigenvalue weighted by atomic mass is 32.2. The molecule has 1 aromatic carbocycles. The number of piperidine rings is 1. The first-order valence-electron chi connectivity index (χ1n) is 9.25. The second-order valence-corrected chi connectivity index (χ2v) is 8.34. The molecule has 0 aliphatic carbocycles. The Hall–Kier alpha value is -2.17. The summed E-state index contributed by atoms with van der Waals surface area (Å²) >= 11 is 0. The maximum Gasteiger partial charge on any atom is 0.255 e. The van der Waals surface area contributed by atoms with Crippen molar-refractivity contribution >= 4 is 21.8 Å². The summed E-state index contributed by atoms with van der Waals surface area (Å²) in [5.74, 6) is -0.134. The van der Waals surface area contributed by atoms with Crippen LogP contribution in [0.3, 0.4) is 0 Å². The van der Waals surface area contributed by atoms with Crippen LogP contribution in [0, 0.1) is 0 Å². The van der Waals surface area contributed by atoms with Gasteiger partial charge < -0.3 is 15.4 Å². The topological polar surface area (TPSA) is 131 Å². The van der Waals surface area contributed by atoms with E-state index >= 15 is 0 Å². The fraction of sp³-hybridized carbons (Fsp3) is 0.556. The Balaban J connectivity index is 1.95. The lowest BCUT2D eigenvalue weighted by Gasteiger charge is -2.32. The summed E-state index contributed by atoms with van der Waals surface area (Å²) in [5.41, 5.74) is 0.121. The number of nitrogens with two attached hydrogens (primary N) is 1. The quantitative estimate of drug-likeness (QED) is 0.554. The minimum atomic E-state index is -3.92. The third-order valence-corrected chi connectivity index (χ3v) is 5.52. The molecule has 0 bridgehead atoms. The Morgan fingerprint density at radius 1 is 1.29 bits per heavy atom. The average Bonchev–Trinajstić information content (AvgIpc) is 2.66. The summed E-state index contributed by atoms with van der Waals surface area (Å²) < 4.78 is 28.3. The number of ether oxygens (including phenoxy) is 1. The van der Waals surface area contributed by atoms with E-state index in [2.05, 4.69) is 15.5 Å². The summed E-state index contributed by atoms with van der Waals surface area (Å²) in [5, 5.41) is 10.9. The van der Waals surface area contributed by atoms with Gasteiger partial charge in [0.15, 0.2) is 0 Å². The highest BCUT2D eigenvalue weighted by Crippen LogP contribution is 2.22. The molecule has 0 spiro atoms. The molecule has 1 saturated heterocycles. The largest absolute Gasteiger partial charge is 0.496 e. The van der Waals surface area contributed by atoms with Gasteiger partial charge in [-0.1, -0.05) is 6.92 Å². The third-order valence-electron chi connectivity index (χ3n) is 4.61. The molecule has 2 amide bonds. The smallest absolute Gasteiger partial charge is 0.255 e. The molecule has 1 fully saturated rings. The van der Waals surface area contributed by atoms with Gasteiger partial charge in [0.05, 0.1) is 24.1 Å². The monoisotopic (exact) mass is 412 g/mol. The van der Waals surface area contributed by atoms with Crippen molar-refractivity contribution in [1.29, 1.82) is 0 Å². The molecule has 1 aliphatic rings. The number of amides is 2. The molecule has 28 heavy (non-hydrogen) atoms. The summed E-state index contributed by atoms with van der Waals surface area (Å²) in [6, 6.07) is 3.86. The maximum absolute atomic E-state index is 12.6. The molecular weight excluding hydrogens is 384 g/mol. The predicted octanol–water partition coefficient (Wildman–Crippen LogP) is 0.0630. The van der Waals surface area contributed by atoms with E-state index in [-0.39, 0.29) is 28.2 Å². The Kier molecular flexibility index (Phi) is 7.78. The van der Waals surface area contributed by atoms with E-state index in [9.17, 15) is 18.0 Å². The molecule has 0 aromatic heterocycles. The molecule has 1 aromatic rings. The van der Waals surface area contributed by atoms with Crippen LogP contribution < -0.4 is 20.5 Å². The summed E-state index contributed by atoms with van der Waals surface area (Å²) in [4.78, 5) is 26.4. The number of hydrogen-bond acceptors (Lipinski definition) is 6. The number of carbonyl (C=O) groups is 2. The van der Waals surface area contributed by atoms with E-state index in [0.29, 0.717) is 39.0 Å². The Morgan fingerprint density at radius 2 is 1.96 bits per heavy atom. The van der Waals surface area contributed by atoms with Gasteiger partial charge in [-0.05, 0) is 37.5 Å². The molecule has 4 N–H and O–H groups in total. The van der Waals surface area contributed by atoms with E-state index in [4.69, 9.17) is 9.88 Å². The van der Waals surface area contributed by atoms with Crippen LogP contribution in [0.2, 0.25) is 0 Å². The number of nitrogens with zero attached hydrogens (tertiary/aromatic N) is 1. The van der Waals surface area contributed by atoms with Crippen LogP contribution in [-0.2, 0) is 14.8 Å². The fourth-order valence-corrected chi connectivity index (χ4v) is 3.60. The number of methoxy groups -OCH3 is 1. The van der Waals surface area contributed by atoms with Gasteiger partial charge in [-0.2, -0.15) is 0 Å². The standard InChI is InChI=1S/C18H28N4O5S/c1-3-8-20-17(23)12-22-9-6-13(7-10-22)21-18(24)15-11-14(28(19,25)26)4-5-16(15)27-2/h4-5,11,13H,3,6-10,12H2,1-2H3,(H,20,23)(H,21,24)(H2,19,25,26). The minimum absolute atomic E-state index is 0.00822. The van der Waals surface area contributed by atoms with Crippen molar-refractivity contribution in [3.63, 3.8) is 0 Å². The molecular formula is C18H28N4O5S. The number of nitrogens with one attached hydrogen (secondary N) is 2. The maximum atomic E-state index is 12.6. The molecule has 10 heteroatoms. The van der Waals surface area contributed by atoms with Crippen molar-refractivity contribution in [3.8, 4) is 5.75 Å². The normalized spacial score (nSPS) is 15.8. The van der Waals surface area contributed by atoms with Crippen LogP contribution in [0.25, 0.3) is 0 Å². The number of primary sulfonamides is 1. The summed E-state index contributed by atoms with van der Waals surface area (Å²) in [6.07, 6.45) is 2.30. The van der Waals surface area contributed by atoms with Crippen molar-refractivity contribution in [1.82, 2.24) is 15.5 Å². The lowest BCUT2D eigenvalue weighted by molar-refractivity contribution is -0.122. The van der Waals surface area contributed by atoms with Gasteiger partial charge in [0.2, 0.25) is 15.9 Å². The van der Waals surface area contributed by atoms with Gasteiger partial charge in [-0.15, -0.1) is 0 Å². The summed E-state index contributed by atoms with van der Waals surface area (Å²) in [6.45, 7) is 4.41. The van der Waals surface area contributed by atoms with Crippen LogP contribution in [0.5, 0.6) is 5.75 Å². The Labute approximate surface area is 165 Å². The van der Waals surface area contributed by atoms with Crippen LogP contribution >= 0.6 is 0 Å². The molecule has 9 nitrogen and oxygen atoms in total. The molecule has 1 heterocycles. The van der Waals surface area contributed by atoms with E-state index in [1.54, 1.807) is 0 Å². The van der Waals surface area contributed by atoms with Gasteiger partial charge in [0.25, 0.3) is 5.91 Å². The number of hydrogen-bond donors (Lipinski definition) is 3. The van der Waals surface area contributed by atoms with E-state index in [1.807, 2.05) is 6.92 Å². The molecule has 2 rings (SSSR count). The van der Waals surface area contributed by atoms with Crippen LogP contribution in [0.1, 0.15) is 36.5 Å². The zero-order valence-corrected chi connectivity index (χ0v) is 17.0. The lowest BCUT2D eigenvalue weighted by Crippen LogP contribution is -2.47. The van der Waals surface area contributed by atoms with E-state index in [0.717, 1.165) is 6.42 Å². The summed E-state index contributed by atoms with van der Waals surface area (Å²) in [7, 11) is -2.52. The second-order valence-electron chi connectivity index (χ2n) is 6.78. The molecule has 0 unspecified atom stereocenters. The number of carbonyl (C=O) groups excluding carboxylic acids is 2. The van der Waals surface area contributed by atoms with Gasteiger partial charge >= 0.3 is 0 Å². The van der Waals surface area contributed by atoms with Crippen molar-refractivity contribution < 1.29 is 22.7 Å². The second kappa shape index (κ2) is 9.85. The molecule has 0 saturated carbocycles. The number of sulfonamides is 1. The van der Waals surface area contributed by atoms with Crippen LogP contribution in [0.4, 0.5) is 0 Å². The third kappa shape index (κ3) is 6.18. The lowest BCUT2D eigenvalue weighted by atomic mass is 10.0. The highest BCUT2D eigenvalue weighted by Gasteiger charge is 2.24. The van der Waals surface area contributed by atoms with Crippen LogP contribution in [-0.4, -0.2) is 64.5 Å². The minimum Gasteiger partial charge on any atom is -0.496 e. The van der Waals surface area contributed by atoms with E-state index < -0.39 is 15.9 Å². The predicted molar refractivity (Wildman–Crippen MR) is 105 cm³/mol. The number of likely N-dealkylation sites (tertiary alicyclic amines) is 1. The first-order chi connectivity index (χ1) is 13.2. The zero-order chi connectivity index (χ0) is 20.7. The van der Waals surface area contributed by atoms with Gasteiger partial charge in [0.1, 0.15) is 5.75 Å². The number of benzene rings is 1. The SMILES string of the molecule is CCCNC(=O)CN1CCC(NC(=O)c2cc(S(N)(=O)=O)ccc2OC)CC1. The van der Waals surface area contributed by atoms with Crippen molar-refractivity contribution in [2.24, 2.45) is 5.14 Å². The van der Waals surface area contributed by atoms with Gasteiger partial charge in [-0.3, -0.25) is 14.5 Å². The van der Waals surface area contributed by atoms with Gasteiger partial charge in [0, 0.05) is 25.7 Å². The Bertz CT molecular complexity index is 804. The fourth-order valence-electron chi connectivity index (χ4n) is 3.06. The van der Waals surface area contributed by atoms with Gasteiger partial charge in [-0.25, -0.2) is 13.6 Å². The number of rotatable bonds is 8. The highest BCUT2D eigenvalue weighted by molar-refractivity contribution is 7.89. The molecule has 0 radical (unpaired) electrons. The first-order valence-corrected chi connectivity index (χ1v) is 10.8.